The second kappa shape index (κ2) is 8.56. The van der Waals surface area contributed by atoms with E-state index < -0.39 is 0 Å². The number of nitrogens with one attached hydrogen (secondary N) is 2. The van der Waals surface area contributed by atoms with E-state index in [1.807, 2.05) is 15.6 Å². The summed E-state index contributed by atoms with van der Waals surface area (Å²) < 4.78 is 1.96. The summed E-state index contributed by atoms with van der Waals surface area (Å²) in [5.41, 5.74) is 1.87. The number of nitrogens with zero attached hydrogens (tertiary/aromatic N) is 3. The average Bonchev–Trinajstić information content (AvgIpc) is 2.90. The fourth-order valence-electron chi connectivity index (χ4n) is 4.06. The Balaban J connectivity index is 1.49. The Hall–Kier alpha value is -2.05. The molecule has 1 aliphatic heterocycles. The highest BCUT2D eigenvalue weighted by Crippen LogP contribution is 2.26. The van der Waals surface area contributed by atoms with Crippen molar-refractivity contribution >= 4 is 11.9 Å². The third-order valence-electron chi connectivity index (χ3n) is 5.66. The van der Waals surface area contributed by atoms with Gasteiger partial charge in [0.25, 0.3) is 0 Å². The number of hydrogen-bond acceptors (Lipinski definition) is 3. The lowest BCUT2D eigenvalue weighted by molar-refractivity contribution is -0.129. The van der Waals surface area contributed by atoms with Crippen LogP contribution in [0.25, 0.3) is 0 Å². The van der Waals surface area contributed by atoms with Gasteiger partial charge in [-0.2, -0.15) is 5.10 Å². The zero-order valence-electron chi connectivity index (χ0n) is 16.0. The molecular formula is C19H31N5O2. The maximum Gasteiger partial charge on any atom is 0.315 e. The Kier molecular flexibility index (Phi) is 6.16. The normalized spacial score (nSPS) is 19.4. The van der Waals surface area contributed by atoms with Gasteiger partial charge in [0, 0.05) is 26.1 Å². The summed E-state index contributed by atoms with van der Waals surface area (Å²) in [7, 11) is 0. The van der Waals surface area contributed by atoms with Crippen molar-refractivity contribution in [1.82, 2.24) is 25.3 Å². The van der Waals surface area contributed by atoms with Gasteiger partial charge in [0.15, 0.2) is 0 Å². The van der Waals surface area contributed by atoms with E-state index >= 15 is 0 Å². The van der Waals surface area contributed by atoms with Crippen molar-refractivity contribution in [2.45, 2.75) is 78.0 Å². The molecule has 1 aromatic rings. The summed E-state index contributed by atoms with van der Waals surface area (Å²) in [6.07, 6.45) is 7.19. The molecule has 0 bridgehead atoms. The quantitative estimate of drug-likeness (QED) is 0.864. The molecule has 0 aromatic carbocycles. The average molecular weight is 361 g/mol. The first-order valence-electron chi connectivity index (χ1n) is 9.88. The first-order chi connectivity index (χ1) is 12.5. The van der Waals surface area contributed by atoms with Gasteiger partial charge in [-0.15, -0.1) is 0 Å². The number of aryl methyl sites for hydroxylation is 1. The predicted octanol–water partition coefficient (Wildman–Crippen LogP) is 2.40. The van der Waals surface area contributed by atoms with E-state index in [1.165, 1.54) is 32.1 Å². The highest BCUT2D eigenvalue weighted by molar-refractivity contribution is 5.74. The number of fused-ring (bicyclic) bond motifs is 1. The SMILES string of the molecule is CC(=O)N1CCCn2nc(CNC(=O)N[C@H](C)C3CCCCC3)cc2C1. The fraction of sp³-hybridized carbons (Fsp3) is 0.737. The topological polar surface area (TPSA) is 79.3 Å². The highest BCUT2D eigenvalue weighted by Gasteiger charge is 2.22. The van der Waals surface area contributed by atoms with Gasteiger partial charge in [-0.3, -0.25) is 9.48 Å². The molecule has 0 saturated heterocycles. The molecule has 1 fully saturated rings. The number of rotatable bonds is 4. The summed E-state index contributed by atoms with van der Waals surface area (Å²) >= 11 is 0. The second-order valence-electron chi connectivity index (χ2n) is 7.66. The van der Waals surface area contributed by atoms with Crippen LogP contribution < -0.4 is 10.6 Å². The molecule has 1 aliphatic carbocycles. The first-order valence-corrected chi connectivity index (χ1v) is 9.88. The van der Waals surface area contributed by atoms with Crippen LogP contribution in [0.5, 0.6) is 0 Å². The van der Waals surface area contributed by atoms with Crippen LogP contribution in [0.4, 0.5) is 4.79 Å². The molecule has 2 N–H and O–H groups in total. The van der Waals surface area contributed by atoms with Crippen LogP contribution in [0, 0.1) is 5.92 Å². The van der Waals surface area contributed by atoms with Gasteiger partial charge in [0.1, 0.15) is 0 Å². The predicted molar refractivity (Wildman–Crippen MR) is 99.3 cm³/mol. The third kappa shape index (κ3) is 4.77. The minimum absolute atomic E-state index is 0.0930. The maximum atomic E-state index is 12.2. The molecule has 2 aliphatic rings. The van der Waals surface area contributed by atoms with Crippen molar-refractivity contribution in [3.8, 4) is 0 Å². The molecule has 0 radical (unpaired) electrons. The van der Waals surface area contributed by atoms with E-state index in [9.17, 15) is 9.59 Å². The van der Waals surface area contributed by atoms with Crippen molar-refractivity contribution in [3.63, 3.8) is 0 Å². The van der Waals surface area contributed by atoms with E-state index in [0.717, 1.165) is 30.9 Å². The van der Waals surface area contributed by atoms with Gasteiger partial charge in [-0.1, -0.05) is 19.3 Å². The second-order valence-corrected chi connectivity index (χ2v) is 7.66. The van der Waals surface area contributed by atoms with Crippen LogP contribution in [0.2, 0.25) is 0 Å². The maximum absolute atomic E-state index is 12.2. The summed E-state index contributed by atoms with van der Waals surface area (Å²) in [5, 5.41) is 10.6. The summed E-state index contributed by atoms with van der Waals surface area (Å²) in [6, 6.07) is 2.07. The standard InChI is InChI=1S/C19H31N5O2/c1-14(16-7-4-3-5-8-16)21-19(26)20-12-17-11-18-13-23(15(2)25)9-6-10-24(18)22-17/h11,14,16H,3-10,12-13H2,1-2H3,(H2,20,21,26)/t14-/m1/s1. The number of aromatic nitrogens is 2. The smallest absolute Gasteiger partial charge is 0.315 e. The molecule has 0 spiro atoms. The number of urea groups is 1. The lowest BCUT2D eigenvalue weighted by Crippen LogP contribution is -2.44. The van der Waals surface area contributed by atoms with E-state index in [1.54, 1.807) is 6.92 Å². The number of hydrogen-bond donors (Lipinski definition) is 2. The molecule has 0 unspecified atom stereocenters. The van der Waals surface area contributed by atoms with Gasteiger partial charge in [0.05, 0.1) is 24.5 Å². The summed E-state index contributed by atoms with van der Waals surface area (Å²) in [5.74, 6) is 0.686. The van der Waals surface area contributed by atoms with Crippen LogP contribution in [0.1, 0.15) is 63.8 Å². The Morgan fingerprint density at radius 3 is 2.73 bits per heavy atom. The lowest BCUT2D eigenvalue weighted by Gasteiger charge is -2.28. The first kappa shape index (κ1) is 18.7. The monoisotopic (exact) mass is 361 g/mol. The van der Waals surface area contributed by atoms with Crippen molar-refractivity contribution in [3.05, 3.63) is 17.5 Å². The molecule has 1 atom stereocenters. The van der Waals surface area contributed by atoms with E-state index in [0.29, 0.717) is 19.0 Å². The summed E-state index contributed by atoms with van der Waals surface area (Å²) in [6.45, 7) is 6.28. The third-order valence-corrected chi connectivity index (χ3v) is 5.66. The van der Waals surface area contributed by atoms with Crippen molar-refractivity contribution in [1.29, 1.82) is 0 Å². The van der Waals surface area contributed by atoms with Crippen molar-refractivity contribution in [2.24, 2.45) is 5.92 Å². The van der Waals surface area contributed by atoms with Crippen LogP contribution in [-0.4, -0.2) is 39.2 Å². The van der Waals surface area contributed by atoms with Crippen molar-refractivity contribution in [2.75, 3.05) is 6.54 Å². The minimum atomic E-state index is -0.128. The highest BCUT2D eigenvalue weighted by atomic mass is 16.2. The van der Waals surface area contributed by atoms with Crippen molar-refractivity contribution < 1.29 is 9.59 Å². The summed E-state index contributed by atoms with van der Waals surface area (Å²) in [4.78, 5) is 25.7. The molecule has 26 heavy (non-hydrogen) atoms. The van der Waals surface area contributed by atoms with Crippen LogP contribution in [-0.2, 0) is 24.4 Å². The fourth-order valence-corrected chi connectivity index (χ4v) is 4.06. The van der Waals surface area contributed by atoms with E-state index in [2.05, 4.69) is 22.7 Å². The largest absolute Gasteiger partial charge is 0.337 e. The Labute approximate surface area is 155 Å². The molecule has 2 heterocycles. The van der Waals surface area contributed by atoms with Crippen LogP contribution >= 0.6 is 0 Å². The molecule has 3 rings (SSSR count). The van der Waals surface area contributed by atoms with Gasteiger partial charge >= 0.3 is 6.03 Å². The zero-order valence-corrected chi connectivity index (χ0v) is 16.0. The number of carbonyl (C=O) groups is 2. The van der Waals surface area contributed by atoms with Crippen LogP contribution in [0.3, 0.4) is 0 Å². The molecule has 1 saturated carbocycles. The van der Waals surface area contributed by atoms with Gasteiger partial charge in [-0.05, 0) is 38.2 Å². The minimum Gasteiger partial charge on any atom is -0.337 e. The van der Waals surface area contributed by atoms with Crippen LogP contribution in [0.15, 0.2) is 6.07 Å². The Morgan fingerprint density at radius 1 is 1.23 bits per heavy atom. The number of carbonyl (C=O) groups excluding carboxylic acids is 2. The molecule has 3 amide bonds. The molecule has 1 aromatic heterocycles. The Bertz CT molecular complexity index is 636. The molecular weight excluding hydrogens is 330 g/mol. The zero-order chi connectivity index (χ0) is 18.5. The van der Waals surface area contributed by atoms with Gasteiger partial charge < -0.3 is 15.5 Å². The number of amides is 3. The van der Waals surface area contributed by atoms with E-state index in [-0.39, 0.29) is 18.0 Å². The van der Waals surface area contributed by atoms with Gasteiger partial charge in [0.2, 0.25) is 5.91 Å². The lowest BCUT2D eigenvalue weighted by atomic mass is 9.85. The van der Waals surface area contributed by atoms with Gasteiger partial charge in [-0.25, -0.2) is 4.79 Å². The molecule has 7 heteroatoms. The molecule has 7 nitrogen and oxygen atoms in total. The Morgan fingerprint density at radius 2 is 2.00 bits per heavy atom. The van der Waals surface area contributed by atoms with E-state index in [4.69, 9.17) is 0 Å². The molecule has 144 valence electrons.